The highest BCUT2D eigenvalue weighted by Gasteiger charge is 2.48. The van der Waals surface area contributed by atoms with E-state index in [2.05, 4.69) is 39.8 Å². The molecule has 7 nitrogen and oxygen atoms in total. The molecule has 2 fully saturated rings. The lowest BCUT2D eigenvalue weighted by molar-refractivity contribution is 0.178. The molecule has 4 heterocycles. The lowest BCUT2D eigenvalue weighted by Crippen LogP contribution is -2.54. The fourth-order valence-corrected chi connectivity index (χ4v) is 5.53. The molecule has 0 radical (unpaired) electrons. The lowest BCUT2D eigenvalue weighted by Gasteiger charge is -2.42. The van der Waals surface area contributed by atoms with Crippen molar-refractivity contribution in [2.75, 3.05) is 11.9 Å². The van der Waals surface area contributed by atoms with Gasteiger partial charge in [-0.05, 0) is 75.3 Å². The smallest absolute Gasteiger partial charge is 0.181 e. The topological polar surface area (TPSA) is 87.9 Å². The summed E-state index contributed by atoms with van der Waals surface area (Å²) in [5.74, 6) is 1.44. The Hall–Kier alpha value is -3.00. The van der Waals surface area contributed by atoms with Gasteiger partial charge in [0.05, 0.1) is 11.9 Å². The average Bonchev–Trinajstić information content (AvgIpc) is 3.34. The highest BCUT2D eigenvalue weighted by Crippen LogP contribution is 2.44. The summed E-state index contributed by atoms with van der Waals surface area (Å²) in [4.78, 5) is 0. The fourth-order valence-electron chi connectivity index (χ4n) is 5.53. The second kappa shape index (κ2) is 7.85. The van der Waals surface area contributed by atoms with Crippen LogP contribution in [0.1, 0.15) is 39.5 Å². The van der Waals surface area contributed by atoms with Gasteiger partial charge < -0.3 is 15.7 Å². The van der Waals surface area contributed by atoms with Crippen molar-refractivity contribution in [2.45, 2.75) is 57.4 Å². The summed E-state index contributed by atoms with van der Waals surface area (Å²) in [6.45, 7) is 4.87. The number of halogens is 1. The number of phenolic OH excluding ortho intramolecular Hbond substituents is 1. The Morgan fingerprint density at radius 2 is 1.91 bits per heavy atom. The van der Waals surface area contributed by atoms with Crippen LogP contribution in [-0.2, 0) is 6.80 Å². The van der Waals surface area contributed by atoms with Gasteiger partial charge in [-0.2, -0.15) is 5.10 Å². The third-order valence-electron chi connectivity index (χ3n) is 6.91. The number of phenols is 1. The van der Waals surface area contributed by atoms with Gasteiger partial charge in [0.25, 0.3) is 0 Å². The Bertz CT molecular complexity index is 1100. The standard InChI is InChI=1S/C24H29FN6O/c1-23-7-8-24(2,30-23)11-16(10-23)12-26-22-6-5-20(28-29-22)19-4-3-17(9-21(19)32)18-13-27-31(14-18)15-25/h3-6,9,13-14,16,30,32H,7-8,10-12,15H2,1-2H3,(H,26,29). The SMILES string of the molecule is CC12CCC(C)(CC(CNc3ccc(-c4ccc(-c5cnn(CF)c5)cc4O)nn3)C1)N2. The normalized spacial score (nSPS) is 26.9. The summed E-state index contributed by atoms with van der Waals surface area (Å²) in [7, 11) is 0. The number of aromatic hydroxyl groups is 1. The Labute approximate surface area is 187 Å². The molecule has 168 valence electrons. The average molecular weight is 437 g/mol. The number of hydrogen-bond donors (Lipinski definition) is 3. The number of anilines is 1. The second-order valence-corrected chi connectivity index (χ2v) is 9.83. The maximum atomic E-state index is 12.7. The minimum absolute atomic E-state index is 0.0946. The number of benzene rings is 1. The molecule has 0 amide bonds. The molecule has 2 saturated heterocycles. The number of aromatic nitrogens is 4. The van der Waals surface area contributed by atoms with Crippen molar-refractivity contribution in [2.24, 2.45) is 5.92 Å². The van der Waals surface area contributed by atoms with E-state index < -0.39 is 6.80 Å². The molecule has 1 aromatic carbocycles. The molecule has 2 atom stereocenters. The van der Waals surface area contributed by atoms with Crippen molar-refractivity contribution in [1.82, 2.24) is 25.3 Å². The summed E-state index contributed by atoms with van der Waals surface area (Å²) in [6.07, 6.45) is 8.01. The van der Waals surface area contributed by atoms with Crippen LogP contribution in [0.5, 0.6) is 5.75 Å². The first-order chi connectivity index (χ1) is 15.3. The first-order valence-electron chi connectivity index (χ1n) is 11.1. The Kier molecular flexibility index (Phi) is 5.12. The Morgan fingerprint density at radius 1 is 1.12 bits per heavy atom. The third-order valence-corrected chi connectivity index (χ3v) is 6.91. The van der Waals surface area contributed by atoms with E-state index in [1.165, 1.54) is 30.4 Å². The molecule has 2 aliphatic rings. The van der Waals surface area contributed by atoms with Crippen molar-refractivity contribution in [3.05, 3.63) is 42.7 Å². The predicted molar refractivity (Wildman–Crippen MR) is 122 cm³/mol. The Balaban J connectivity index is 1.25. The summed E-state index contributed by atoms with van der Waals surface area (Å²) >= 11 is 0. The van der Waals surface area contributed by atoms with E-state index in [0.29, 0.717) is 17.2 Å². The number of piperidine rings is 1. The van der Waals surface area contributed by atoms with Gasteiger partial charge in [0.1, 0.15) is 11.6 Å². The fraction of sp³-hybridized carbons (Fsp3) is 0.458. The highest BCUT2D eigenvalue weighted by molar-refractivity contribution is 5.73. The van der Waals surface area contributed by atoms with Gasteiger partial charge in [-0.15, -0.1) is 10.2 Å². The zero-order valence-corrected chi connectivity index (χ0v) is 18.5. The predicted octanol–water partition coefficient (Wildman–Crippen LogP) is 4.36. The van der Waals surface area contributed by atoms with Gasteiger partial charge >= 0.3 is 0 Å². The van der Waals surface area contributed by atoms with Crippen molar-refractivity contribution in [3.8, 4) is 28.1 Å². The largest absolute Gasteiger partial charge is 0.507 e. The minimum Gasteiger partial charge on any atom is -0.507 e. The van der Waals surface area contributed by atoms with Crippen molar-refractivity contribution in [1.29, 1.82) is 0 Å². The first-order valence-corrected chi connectivity index (χ1v) is 11.1. The molecular formula is C24H29FN6O. The number of alkyl halides is 1. The molecule has 3 aromatic rings. The van der Waals surface area contributed by atoms with Crippen LogP contribution >= 0.6 is 0 Å². The number of nitrogens with one attached hydrogen (secondary N) is 2. The molecule has 0 aliphatic carbocycles. The maximum absolute atomic E-state index is 12.7. The number of nitrogens with zero attached hydrogens (tertiary/aromatic N) is 4. The lowest BCUT2D eigenvalue weighted by atomic mass is 9.80. The zero-order chi connectivity index (χ0) is 22.3. The summed E-state index contributed by atoms with van der Waals surface area (Å²) in [5, 5.41) is 30.4. The van der Waals surface area contributed by atoms with Crippen molar-refractivity contribution < 1.29 is 9.50 Å². The van der Waals surface area contributed by atoms with Crippen LogP contribution in [0.25, 0.3) is 22.4 Å². The molecule has 2 unspecified atom stereocenters. The van der Waals surface area contributed by atoms with Gasteiger partial charge in [-0.3, -0.25) is 0 Å². The number of hydrogen-bond acceptors (Lipinski definition) is 6. The van der Waals surface area contributed by atoms with Gasteiger partial charge in [-0.25, -0.2) is 9.07 Å². The van der Waals surface area contributed by atoms with Crippen LogP contribution in [-0.4, -0.2) is 42.7 Å². The molecule has 2 aliphatic heterocycles. The van der Waals surface area contributed by atoms with Crippen molar-refractivity contribution in [3.63, 3.8) is 0 Å². The van der Waals surface area contributed by atoms with E-state index >= 15 is 0 Å². The van der Waals surface area contributed by atoms with Crippen LogP contribution in [0.2, 0.25) is 0 Å². The molecule has 0 spiro atoms. The molecule has 5 rings (SSSR count). The molecule has 2 aromatic heterocycles. The maximum Gasteiger partial charge on any atom is 0.181 e. The van der Waals surface area contributed by atoms with Crippen LogP contribution in [0.4, 0.5) is 10.2 Å². The molecule has 32 heavy (non-hydrogen) atoms. The monoisotopic (exact) mass is 436 g/mol. The molecule has 0 saturated carbocycles. The van der Waals surface area contributed by atoms with Gasteiger partial charge in [-0.1, -0.05) is 6.07 Å². The zero-order valence-electron chi connectivity index (χ0n) is 18.5. The molecule has 2 bridgehead atoms. The van der Waals surface area contributed by atoms with Crippen molar-refractivity contribution >= 4 is 5.82 Å². The van der Waals surface area contributed by atoms with E-state index in [0.717, 1.165) is 23.5 Å². The third kappa shape index (κ3) is 4.07. The van der Waals surface area contributed by atoms with Gasteiger partial charge in [0.15, 0.2) is 6.80 Å². The first kappa shape index (κ1) is 20.9. The van der Waals surface area contributed by atoms with Gasteiger partial charge in [0.2, 0.25) is 0 Å². The second-order valence-electron chi connectivity index (χ2n) is 9.83. The van der Waals surface area contributed by atoms with E-state index in [1.54, 1.807) is 24.5 Å². The summed E-state index contributed by atoms with van der Waals surface area (Å²) < 4.78 is 13.9. The summed E-state index contributed by atoms with van der Waals surface area (Å²) in [6, 6.07) is 9.05. The molecular weight excluding hydrogens is 407 g/mol. The number of fused-ring (bicyclic) bond motifs is 2. The quantitative estimate of drug-likeness (QED) is 0.532. The van der Waals surface area contributed by atoms with Crippen LogP contribution in [0, 0.1) is 5.92 Å². The minimum atomic E-state index is -0.684. The van der Waals surface area contributed by atoms with Crippen LogP contribution in [0.15, 0.2) is 42.7 Å². The van der Waals surface area contributed by atoms with Crippen LogP contribution in [0.3, 0.4) is 0 Å². The molecule has 8 heteroatoms. The van der Waals surface area contributed by atoms with Crippen LogP contribution < -0.4 is 10.6 Å². The van der Waals surface area contributed by atoms with E-state index in [1.807, 2.05) is 18.2 Å². The Morgan fingerprint density at radius 3 is 2.53 bits per heavy atom. The summed E-state index contributed by atoms with van der Waals surface area (Å²) in [5.41, 5.74) is 3.20. The number of rotatable bonds is 6. The van der Waals surface area contributed by atoms with E-state index in [4.69, 9.17) is 0 Å². The van der Waals surface area contributed by atoms with Gasteiger partial charge in [0, 0.05) is 34.9 Å². The molecule has 3 N–H and O–H groups in total. The van der Waals surface area contributed by atoms with E-state index in [9.17, 15) is 9.50 Å². The van der Waals surface area contributed by atoms with E-state index in [-0.39, 0.29) is 16.8 Å². The highest BCUT2D eigenvalue weighted by atomic mass is 19.1.